The highest BCUT2D eigenvalue weighted by Crippen LogP contribution is 2.59. The summed E-state index contributed by atoms with van der Waals surface area (Å²) < 4.78 is 11.5. The van der Waals surface area contributed by atoms with Gasteiger partial charge in [-0.25, -0.2) is 0 Å². The van der Waals surface area contributed by atoms with Gasteiger partial charge in [-0.05, 0) is 36.8 Å². The van der Waals surface area contributed by atoms with Gasteiger partial charge in [0.2, 0.25) is 0 Å². The number of nitrogens with zero attached hydrogens (tertiary/aromatic N) is 1. The fraction of sp³-hybridized carbons (Fsp3) is 0.750. The summed E-state index contributed by atoms with van der Waals surface area (Å²) >= 11 is 0. The molecule has 0 radical (unpaired) electrons. The van der Waals surface area contributed by atoms with E-state index in [4.69, 9.17) is 9.47 Å². The highest BCUT2D eigenvalue weighted by atomic mass is 16.7. The number of carbonyl (C=O) groups excluding carboxylic acids is 1. The molecule has 2 fully saturated rings. The van der Waals surface area contributed by atoms with Crippen molar-refractivity contribution in [3.63, 3.8) is 0 Å². The second-order valence-electron chi connectivity index (χ2n) is 6.51. The molecule has 3 atom stereocenters. The lowest BCUT2D eigenvalue weighted by Gasteiger charge is -2.52. The quantitative estimate of drug-likeness (QED) is 0.738. The molecule has 4 nitrogen and oxygen atoms in total. The Morgan fingerprint density at radius 1 is 1.35 bits per heavy atom. The van der Waals surface area contributed by atoms with E-state index in [0.29, 0.717) is 32.0 Å². The van der Waals surface area contributed by atoms with Crippen molar-refractivity contribution in [2.24, 2.45) is 16.7 Å². The molecule has 1 heterocycles. The number of hydrogen-bond acceptors (Lipinski definition) is 4. The number of fused-ring (bicyclic) bond motifs is 1. The fourth-order valence-corrected chi connectivity index (χ4v) is 4.04. The Morgan fingerprint density at radius 3 is 2.70 bits per heavy atom. The molecular formula is C16H21NO3. The van der Waals surface area contributed by atoms with Gasteiger partial charge in [-0.15, -0.1) is 0 Å². The van der Waals surface area contributed by atoms with Crippen LogP contribution < -0.4 is 0 Å². The molecule has 0 aromatic carbocycles. The van der Waals surface area contributed by atoms with E-state index in [1.807, 2.05) is 0 Å². The molecule has 1 saturated carbocycles. The molecule has 0 N–H and O–H groups in total. The Labute approximate surface area is 119 Å². The molecule has 0 aromatic heterocycles. The van der Waals surface area contributed by atoms with Crippen molar-refractivity contribution in [1.29, 1.82) is 5.26 Å². The maximum absolute atomic E-state index is 11.9. The van der Waals surface area contributed by atoms with Crippen LogP contribution in [0.2, 0.25) is 0 Å². The van der Waals surface area contributed by atoms with Crippen LogP contribution in [0, 0.1) is 28.1 Å². The van der Waals surface area contributed by atoms with Crippen LogP contribution in [0.15, 0.2) is 11.6 Å². The number of nitriles is 1. The summed E-state index contributed by atoms with van der Waals surface area (Å²) in [6.07, 6.45) is 4.32. The van der Waals surface area contributed by atoms with Gasteiger partial charge >= 0.3 is 0 Å². The van der Waals surface area contributed by atoms with Crippen LogP contribution in [0.25, 0.3) is 0 Å². The normalized spacial score (nSPS) is 42.0. The maximum atomic E-state index is 11.9. The summed E-state index contributed by atoms with van der Waals surface area (Å²) in [5.41, 5.74) is 0.0831. The van der Waals surface area contributed by atoms with Crippen molar-refractivity contribution in [3.8, 4) is 6.07 Å². The molecule has 0 bridgehead atoms. The molecule has 3 rings (SSSR count). The number of rotatable bonds is 1. The third-order valence-corrected chi connectivity index (χ3v) is 5.55. The van der Waals surface area contributed by atoms with E-state index in [-0.39, 0.29) is 17.5 Å². The Bertz CT molecular complexity index is 500. The number of ether oxygens (including phenoxy) is 2. The van der Waals surface area contributed by atoms with Gasteiger partial charge in [-0.2, -0.15) is 5.26 Å². The lowest BCUT2D eigenvalue weighted by molar-refractivity contribution is -0.145. The first kappa shape index (κ1) is 13.8. The highest BCUT2D eigenvalue weighted by Gasteiger charge is 2.57. The Kier molecular flexibility index (Phi) is 3.23. The van der Waals surface area contributed by atoms with Crippen LogP contribution in [0.5, 0.6) is 0 Å². The predicted octanol–water partition coefficient (Wildman–Crippen LogP) is 2.59. The summed E-state index contributed by atoms with van der Waals surface area (Å²) in [6, 6.07) is 2.51. The first-order valence-corrected chi connectivity index (χ1v) is 7.43. The molecule has 0 unspecified atom stereocenters. The first-order valence-electron chi connectivity index (χ1n) is 7.43. The van der Waals surface area contributed by atoms with Gasteiger partial charge in [0, 0.05) is 11.8 Å². The molecule has 1 aliphatic heterocycles. The third kappa shape index (κ3) is 1.77. The molecule has 0 spiro atoms. The van der Waals surface area contributed by atoms with Crippen molar-refractivity contribution >= 4 is 5.78 Å². The van der Waals surface area contributed by atoms with Crippen LogP contribution in [0.3, 0.4) is 0 Å². The van der Waals surface area contributed by atoms with E-state index >= 15 is 0 Å². The monoisotopic (exact) mass is 275 g/mol. The largest absolute Gasteiger partial charge is 0.349 e. The summed E-state index contributed by atoms with van der Waals surface area (Å²) in [6.45, 7) is 5.46. The van der Waals surface area contributed by atoms with Gasteiger partial charge in [-0.1, -0.05) is 13.8 Å². The van der Waals surface area contributed by atoms with Crippen LogP contribution in [0.4, 0.5) is 0 Å². The van der Waals surface area contributed by atoms with E-state index in [0.717, 1.165) is 18.4 Å². The molecule has 3 aliphatic rings. The first-order chi connectivity index (χ1) is 9.53. The maximum Gasteiger partial charge on any atom is 0.167 e. The van der Waals surface area contributed by atoms with E-state index < -0.39 is 5.41 Å². The van der Waals surface area contributed by atoms with Gasteiger partial charge in [0.05, 0.1) is 24.7 Å². The van der Waals surface area contributed by atoms with Gasteiger partial charge in [0.15, 0.2) is 12.1 Å². The van der Waals surface area contributed by atoms with Crippen LogP contribution >= 0.6 is 0 Å². The molecular weight excluding hydrogens is 254 g/mol. The van der Waals surface area contributed by atoms with Crippen molar-refractivity contribution in [1.82, 2.24) is 0 Å². The molecule has 0 aromatic rings. The molecule has 1 saturated heterocycles. The highest BCUT2D eigenvalue weighted by molar-refractivity contribution is 5.92. The van der Waals surface area contributed by atoms with E-state index in [9.17, 15) is 10.1 Å². The number of allylic oxidation sites excluding steroid dienone is 1. The lowest BCUT2D eigenvalue weighted by atomic mass is 9.52. The number of hydrogen-bond donors (Lipinski definition) is 0. The van der Waals surface area contributed by atoms with Crippen molar-refractivity contribution < 1.29 is 14.3 Å². The van der Waals surface area contributed by atoms with Gasteiger partial charge in [0.25, 0.3) is 0 Å². The standard InChI is InChI=1S/C16H21NO3/c1-11-3-5-16(10-17)6-4-12(18)9-13(16)15(11,2)14-19-7-8-20-14/h9,11,14H,3-8H2,1-2H3/t11-,15+,16-/m1/s1. The third-order valence-electron chi connectivity index (χ3n) is 5.55. The average Bonchev–Trinajstić information content (AvgIpc) is 2.99. The molecule has 2 aliphatic carbocycles. The minimum atomic E-state index is -0.496. The Morgan fingerprint density at radius 2 is 2.05 bits per heavy atom. The average molecular weight is 275 g/mol. The van der Waals surface area contributed by atoms with Gasteiger partial charge in [-0.3, -0.25) is 4.79 Å². The minimum absolute atomic E-state index is 0.129. The van der Waals surface area contributed by atoms with Gasteiger partial charge < -0.3 is 9.47 Å². The second-order valence-corrected chi connectivity index (χ2v) is 6.51. The zero-order chi connectivity index (χ0) is 14.4. The molecule has 0 amide bonds. The molecule has 20 heavy (non-hydrogen) atoms. The summed E-state index contributed by atoms with van der Waals surface area (Å²) in [5.74, 6) is 0.466. The van der Waals surface area contributed by atoms with Crippen LogP contribution in [0.1, 0.15) is 39.5 Å². The van der Waals surface area contributed by atoms with E-state index in [1.165, 1.54) is 0 Å². The topological polar surface area (TPSA) is 59.3 Å². The number of ketones is 1. The lowest BCUT2D eigenvalue weighted by Crippen LogP contribution is -2.50. The van der Waals surface area contributed by atoms with E-state index in [1.54, 1.807) is 6.08 Å². The van der Waals surface area contributed by atoms with Crippen LogP contribution in [-0.4, -0.2) is 25.3 Å². The summed E-state index contributed by atoms with van der Waals surface area (Å²) in [4.78, 5) is 11.9. The SMILES string of the molecule is C[C@@H]1CC[C@]2(C#N)CCC(=O)C=C2[C@@]1(C)C1OCCO1. The number of carbonyl (C=O) groups is 1. The van der Waals surface area contributed by atoms with Gasteiger partial charge in [0.1, 0.15) is 0 Å². The second kappa shape index (κ2) is 4.68. The van der Waals surface area contributed by atoms with Crippen molar-refractivity contribution in [2.45, 2.75) is 45.8 Å². The minimum Gasteiger partial charge on any atom is -0.349 e. The molecule has 4 heteroatoms. The zero-order valence-electron chi connectivity index (χ0n) is 12.1. The smallest absolute Gasteiger partial charge is 0.167 e. The summed E-state index contributed by atoms with van der Waals surface area (Å²) in [7, 11) is 0. The zero-order valence-corrected chi connectivity index (χ0v) is 12.1. The van der Waals surface area contributed by atoms with Crippen molar-refractivity contribution in [2.75, 3.05) is 13.2 Å². The fourth-order valence-electron chi connectivity index (χ4n) is 4.04. The predicted molar refractivity (Wildman–Crippen MR) is 72.6 cm³/mol. The van der Waals surface area contributed by atoms with Crippen LogP contribution in [-0.2, 0) is 14.3 Å². The Balaban J connectivity index is 2.10. The van der Waals surface area contributed by atoms with Crippen molar-refractivity contribution in [3.05, 3.63) is 11.6 Å². The summed E-state index contributed by atoms with van der Waals surface area (Å²) in [5, 5.41) is 9.74. The molecule has 108 valence electrons. The Hall–Kier alpha value is -1.18. The van der Waals surface area contributed by atoms with E-state index in [2.05, 4.69) is 19.9 Å².